The maximum absolute atomic E-state index is 9.23. The van der Waals surface area contributed by atoms with Gasteiger partial charge in [-0.05, 0) is 63.1 Å². The Hall–Kier alpha value is -2.16. The summed E-state index contributed by atoms with van der Waals surface area (Å²) in [5.74, 6) is 2.26. The Kier molecular flexibility index (Phi) is 4.93. The highest BCUT2D eigenvalue weighted by molar-refractivity contribution is 5.62. The van der Waals surface area contributed by atoms with Crippen LogP contribution in [0.1, 0.15) is 56.3 Å². The van der Waals surface area contributed by atoms with Crippen LogP contribution >= 0.6 is 0 Å². The molecule has 2 saturated carbocycles. The van der Waals surface area contributed by atoms with Gasteiger partial charge in [0.1, 0.15) is 0 Å². The van der Waals surface area contributed by atoms with Gasteiger partial charge in [-0.15, -0.1) is 0 Å². The van der Waals surface area contributed by atoms with E-state index in [4.69, 9.17) is 9.84 Å². The number of aromatic nitrogens is 2. The van der Waals surface area contributed by atoms with Crippen molar-refractivity contribution >= 4 is 0 Å². The lowest BCUT2D eigenvalue weighted by Crippen LogP contribution is -2.36. The monoisotopic (exact) mass is 390 g/mol. The minimum absolute atomic E-state index is 0.345. The highest BCUT2D eigenvalue weighted by Gasteiger charge is 2.58. The molecule has 0 radical (unpaired) electrons. The zero-order valence-corrected chi connectivity index (χ0v) is 17.4. The summed E-state index contributed by atoms with van der Waals surface area (Å²) in [4.78, 5) is 2.68. The van der Waals surface area contributed by atoms with Gasteiger partial charge in [0.25, 0.3) is 0 Å². The molecule has 5 nitrogen and oxygen atoms in total. The van der Waals surface area contributed by atoms with Crippen LogP contribution in [0.5, 0.6) is 0 Å². The Balaban J connectivity index is 1.35. The van der Waals surface area contributed by atoms with Gasteiger partial charge >= 0.3 is 0 Å². The van der Waals surface area contributed by atoms with Gasteiger partial charge in [0, 0.05) is 49.0 Å². The van der Waals surface area contributed by atoms with E-state index in [0.717, 1.165) is 48.9 Å². The minimum Gasteiger partial charge on any atom is -0.380 e. The fraction of sp³-hybridized carbons (Fsp3) is 0.583. The summed E-state index contributed by atoms with van der Waals surface area (Å²) in [6.07, 6.45) is 3.80. The van der Waals surface area contributed by atoms with E-state index in [1.54, 1.807) is 0 Å². The number of hydrogen-bond acceptors (Lipinski definition) is 4. The van der Waals surface area contributed by atoms with E-state index in [2.05, 4.69) is 41.6 Å². The van der Waals surface area contributed by atoms with Crippen LogP contribution in [0.15, 0.2) is 30.3 Å². The quantitative estimate of drug-likeness (QED) is 0.784. The van der Waals surface area contributed by atoms with Gasteiger partial charge in [0.15, 0.2) is 0 Å². The molecule has 2 atom stereocenters. The van der Waals surface area contributed by atoms with Gasteiger partial charge in [0.2, 0.25) is 0 Å². The van der Waals surface area contributed by atoms with Gasteiger partial charge in [0.05, 0.1) is 23.9 Å². The van der Waals surface area contributed by atoms with Crippen molar-refractivity contribution in [3.05, 3.63) is 41.6 Å². The van der Waals surface area contributed by atoms with Gasteiger partial charge in [-0.3, -0.25) is 9.58 Å². The first-order chi connectivity index (χ1) is 14.2. The lowest BCUT2D eigenvalue weighted by molar-refractivity contribution is 0.129. The summed E-state index contributed by atoms with van der Waals surface area (Å²) in [5, 5.41) is 14.2. The Morgan fingerprint density at radius 1 is 1.14 bits per heavy atom. The number of benzene rings is 1. The second kappa shape index (κ2) is 7.59. The lowest BCUT2D eigenvalue weighted by Gasteiger charge is -2.28. The van der Waals surface area contributed by atoms with Gasteiger partial charge in [-0.25, -0.2) is 0 Å². The summed E-state index contributed by atoms with van der Waals surface area (Å²) < 4.78 is 7.87. The Labute approximate surface area is 173 Å². The van der Waals surface area contributed by atoms with E-state index < -0.39 is 0 Å². The Morgan fingerprint density at radius 3 is 2.72 bits per heavy atom. The maximum atomic E-state index is 9.23. The molecule has 3 aliphatic rings. The third-order valence-corrected chi connectivity index (χ3v) is 7.08. The molecule has 5 heteroatoms. The Bertz CT molecular complexity index is 907. The van der Waals surface area contributed by atoms with Gasteiger partial charge < -0.3 is 4.74 Å². The van der Waals surface area contributed by atoms with E-state index in [0.29, 0.717) is 17.5 Å². The molecule has 2 unspecified atom stereocenters. The van der Waals surface area contributed by atoms with Crippen molar-refractivity contribution < 1.29 is 4.74 Å². The van der Waals surface area contributed by atoms with Crippen LogP contribution in [-0.4, -0.2) is 47.0 Å². The number of ether oxygens (including phenoxy) is 1. The number of hydrogen-bond donors (Lipinski definition) is 0. The predicted molar refractivity (Wildman–Crippen MR) is 113 cm³/mol. The van der Waals surface area contributed by atoms with Crippen molar-refractivity contribution in [1.29, 1.82) is 5.26 Å². The first-order valence-electron chi connectivity index (χ1n) is 11.1. The van der Waals surface area contributed by atoms with Gasteiger partial charge in [-0.1, -0.05) is 12.1 Å². The second-order valence-electron chi connectivity index (χ2n) is 9.17. The van der Waals surface area contributed by atoms with Crippen LogP contribution in [0.2, 0.25) is 0 Å². The average molecular weight is 391 g/mol. The van der Waals surface area contributed by atoms with Crippen molar-refractivity contribution in [2.45, 2.75) is 51.1 Å². The first-order valence-corrected chi connectivity index (χ1v) is 11.1. The molecule has 1 aliphatic heterocycles. The third kappa shape index (κ3) is 3.49. The maximum Gasteiger partial charge on any atom is 0.0991 e. The van der Waals surface area contributed by atoms with Crippen molar-refractivity contribution in [2.24, 2.45) is 11.8 Å². The molecule has 0 amide bonds. The van der Waals surface area contributed by atoms with Gasteiger partial charge in [-0.2, -0.15) is 10.4 Å². The standard InChI is InChI=1S/C24H30N4O/c1-16(2)28-23(14-22(26-28)18-6-3-5-17(11-18)15-25)24-20-12-19(13-21(20)24)27-7-4-9-29-10-8-27/h3,5-6,11,14,16,19-21,24H,4,7-10,12-13H2,1-2H3. The minimum atomic E-state index is 0.345. The fourth-order valence-electron chi connectivity index (χ4n) is 5.64. The molecule has 3 fully saturated rings. The average Bonchev–Trinajstić information content (AvgIpc) is 3.07. The lowest BCUT2D eigenvalue weighted by atomic mass is 10.0. The summed E-state index contributed by atoms with van der Waals surface area (Å²) in [5.41, 5.74) is 4.12. The molecule has 1 saturated heterocycles. The fourth-order valence-corrected chi connectivity index (χ4v) is 5.64. The van der Waals surface area contributed by atoms with Crippen molar-refractivity contribution in [1.82, 2.24) is 14.7 Å². The Morgan fingerprint density at radius 2 is 1.97 bits per heavy atom. The van der Waals surface area contributed by atoms with Crippen LogP contribution in [0.25, 0.3) is 11.3 Å². The van der Waals surface area contributed by atoms with Crippen molar-refractivity contribution in [2.75, 3.05) is 26.3 Å². The van der Waals surface area contributed by atoms with E-state index in [9.17, 15) is 5.26 Å². The molecule has 2 aromatic rings. The number of fused-ring (bicyclic) bond motifs is 1. The van der Waals surface area contributed by atoms with Crippen LogP contribution in [0, 0.1) is 23.2 Å². The molecule has 2 heterocycles. The number of rotatable bonds is 4. The van der Waals surface area contributed by atoms with Crippen LogP contribution in [-0.2, 0) is 4.74 Å². The second-order valence-corrected chi connectivity index (χ2v) is 9.17. The zero-order chi connectivity index (χ0) is 20.0. The summed E-state index contributed by atoms with van der Waals surface area (Å²) in [6, 6.07) is 13.4. The first kappa shape index (κ1) is 18.8. The number of nitriles is 1. The molecule has 5 rings (SSSR count). The van der Waals surface area contributed by atoms with Crippen LogP contribution < -0.4 is 0 Å². The largest absolute Gasteiger partial charge is 0.380 e. The molecular formula is C24H30N4O. The topological polar surface area (TPSA) is 54.1 Å². The van der Waals surface area contributed by atoms with E-state index in [-0.39, 0.29) is 0 Å². The third-order valence-electron chi connectivity index (χ3n) is 7.08. The SMILES string of the molecule is CC(C)n1nc(-c2cccc(C#N)c2)cc1C1C2CC(N3CCCOCC3)CC21. The molecule has 2 aliphatic carbocycles. The summed E-state index contributed by atoms with van der Waals surface area (Å²) in [7, 11) is 0. The van der Waals surface area contributed by atoms with Crippen molar-refractivity contribution in [3.8, 4) is 17.3 Å². The van der Waals surface area contributed by atoms with E-state index >= 15 is 0 Å². The molecule has 0 bridgehead atoms. The van der Waals surface area contributed by atoms with E-state index in [1.165, 1.54) is 31.5 Å². The smallest absolute Gasteiger partial charge is 0.0991 e. The molecule has 29 heavy (non-hydrogen) atoms. The zero-order valence-electron chi connectivity index (χ0n) is 17.4. The molecule has 0 N–H and O–H groups in total. The molecular weight excluding hydrogens is 360 g/mol. The van der Waals surface area contributed by atoms with Crippen LogP contribution in [0.4, 0.5) is 0 Å². The highest BCUT2D eigenvalue weighted by atomic mass is 16.5. The summed E-state index contributed by atoms with van der Waals surface area (Å²) in [6.45, 7) is 8.52. The van der Waals surface area contributed by atoms with Crippen LogP contribution in [0.3, 0.4) is 0 Å². The summed E-state index contributed by atoms with van der Waals surface area (Å²) >= 11 is 0. The molecule has 1 aromatic carbocycles. The molecule has 0 spiro atoms. The highest BCUT2D eigenvalue weighted by Crippen LogP contribution is 2.64. The predicted octanol–water partition coefficient (Wildman–Crippen LogP) is 4.22. The normalized spacial score (nSPS) is 29.4. The molecule has 152 valence electrons. The van der Waals surface area contributed by atoms with Crippen molar-refractivity contribution in [3.63, 3.8) is 0 Å². The molecule has 1 aromatic heterocycles. The number of nitrogens with zero attached hydrogens (tertiary/aromatic N) is 4. The van der Waals surface area contributed by atoms with E-state index in [1.807, 2.05) is 18.2 Å².